The van der Waals surface area contributed by atoms with Crippen LogP contribution >= 0.6 is 11.6 Å². The zero-order valence-corrected chi connectivity index (χ0v) is 10.7. The van der Waals surface area contributed by atoms with Crippen LogP contribution in [0.2, 0.25) is 5.02 Å². The molecule has 1 aromatic heterocycles. The van der Waals surface area contributed by atoms with E-state index in [1.807, 2.05) is 0 Å². The maximum Gasteiger partial charge on any atom is 0.257 e. The fourth-order valence-electron chi connectivity index (χ4n) is 1.36. The lowest BCUT2D eigenvalue weighted by Crippen LogP contribution is -2.30. The van der Waals surface area contributed by atoms with Crippen LogP contribution in [0.25, 0.3) is 0 Å². The summed E-state index contributed by atoms with van der Waals surface area (Å²) in [7, 11) is 0. The summed E-state index contributed by atoms with van der Waals surface area (Å²) in [5.74, 6) is 0.799. The van der Waals surface area contributed by atoms with E-state index in [2.05, 4.69) is 25.9 Å². The lowest BCUT2D eigenvalue weighted by atomic mass is 10.3. The molecule has 0 spiro atoms. The van der Waals surface area contributed by atoms with E-state index in [4.69, 9.17) is 16.3 Å². The van der Waals surface area contributed by atoms with Gasteiger partial charge in [-0.3, -0.25) is 4.79 Å². The van der Waals surface area contributed by atoms with E-state index < -0.39 is 0 Å². The van der Waals surface area contributed by atoms with Crippen molar-refractivity contribution < 1.29 is 9.53 Å². The van der Waals surface area contributed by atoms with Crippen molar-refractivity contribution in [1.82, 2.24) is 25.9 Å². The normalized spacial score (nSPS) is 10.2. The molecule has 7 nitrogen and oxygen atoms in total. The van der Waals surface area contributed by atoms with Gasteiger partial charge in [0.15, 0.2) is 12.4 Å². The van der Waals surface area contributed by atoms with Crippen molar-refractivity contribution in [3.05, 3.63) is 35.1 Å². The van der Waals surface area contributed by atoms with E-state index in [9.17, 15) is 4.79 Å². The van der Waals surface area contributed by atoms with Gasteiger partial charge in [-0.1, -0.05) is 28.9 Å². The molecule has 8 heteroatoms. The van der Waals surface area contributed by atoms with Crippen LogP contribution in [0.3, 0.4) is 0 Å². The van der Waals surface area contributed by atoms with Crippen molar-refractivity contribution in [2.45, 2.75) is 6.42 Å². The van der Waals surface area contributed by atoms with Gasteiger partial charge in [-0.05, 0) is 12.1 Å². The van der Waals surface area contributed by atoms with Gasteiger partial charge in [0, 0.05) is 13.0 Å². The first kappa shape index (κ1) is 13.3. The minimum atomic E-state index is -0.233. The molecule has 0 saturated carbocycles. The Morgan fingerprint density at radius 2 is 2.26 bits per heavy atom. The number of aromatic amines is 1. The highest BCUT2D eigenvalue weighted by Crippen LogP contribution is 2.22. The van der Waals surface area contributed by atoms with E-state index in [1.54, 1.807) is 24.3 Å². The van der Waals surface area contributed by atoms with E-state index >= 15 is 0 Å². The molecule has 1 aromatic carbocycles. The van der Waals surface area contributed by atoms with E-state index in [1.165, 1.54) is 0 Å². The number of hydrogen-bond acceptors (Lipinski definition) is 5. The Balaban J connectivity index is 1.69. The van der Waals surface area contributed by atoms with Gasteiger partial charge in [0.2, 0.25) is 0 Å². The maximum atomic E-state index is 11.5. The third-order valence-corrected chi connectivity index (χ3v) is 2.57. The summed E-state index contributed by atoms with van der Waals surface area (Å²) < 4.78 is 5.29. The van der Waals surface area contributed by atoms with Crippen molar-refractivity contribution in [3.8, 4) is 5.75 Å². The quantitative estimate of drug-likeness (QED) is 0.808. The Morgan fingerprint density at radius 1 is 1.42 bits per heavy atom. The zero-order chi connectivity index (χ0) is 13.5. The van der Waals surface area contributed by atoms with Gasteiger partial charge in [-0.2, -0.15) is 5.21 Å². The summed E-state index contributed by atoms with van der Waals surface area (Å²) >= 11 is 5.90. The molecule has 0 atom stereocenters. The van der Waals surface area contributed by atoms with Crippen LogP contribution in [0.1, 0.15) is 5.82 Å². The number of aromatic nitrogens is 4. The van der Waals surface area contributed by atoms with Crippen molar-refractivity contribution in [2.75, 3.05) is 13.2 Å². The second-order valence-electron chi connectivity index (χ2n) is 3.65. The summed E-state index contributed by atoms with van der Waals surface area (Å²) in [5, 5.41) is 16.5. The average Bonchev–Trinajstić information content (AvgIpc) is 2.91. The lowest BCUT2D eigenvalue weighted by molar-refractivity contribution is -0.123. The average molecular weight is 282 g/mol. The first-order chi connectivity index (χ1) is 9.25. The number of tetrazole rings is 1. The summed E-state index contributed by atoms with van der Waals surface area (Å²) in [6.45, 7) is 0.334. The minimum absolute atomic E-state index is 0.0873. The molecular weight excluding hydrogens is 270 g/mol. The number of H-pyrrole nitrogens is 1. The first-order valence-electron chi connectivity index (χ1n) is 5.62. The second-order valence-corrected chi connectivity index (χ2v) is 4.05. The predicted octanol–water partition coefficient (Wildman–Crippen LogP) is 0.591. The topological polar surface area (TPSA) is 92.8 Å². The van der Waals surface area contributed by atoms with Crippen LogP contribution < -0.4 is 10.1 Å². The molecule has 2 rings (SSSR count). The van der Waals surface area contributed by atoms with Crippen LogP contribution in [0, 0.1) is 0 Å². The van der Waals surface area contributed by atoms with Gasteiger partial charge in [-0.15, -0.1) is 10.2 Å². The summed E-state index contributed by atoms with van der Waals surface area (Å²) in [5.41, 5.74) is 0. The first-order valence-corrected chi connectivity index (χ1v) is 6.00. The molecule has 1 heterocycles. The van der Waals surface area contributed by atoms with Crippen LogP contribution in [0.4, 0.5) is 0 Å². The van der Waals surface area contributed by atoms with Gasteiger partial charge >= 0.3 is 0 Å². The monoisotopic (exact) mass is 281 g/mol. The van der Waals surface area contributed by atoms with Crippen molar-refractivity contribution >= 4 is 17.5 Å². The largest absolute Gasteiger partial charge is 0.482 e. The van der Waals surface area contributed by atoms with E-state index in [-0.39, 0.29) is 12.5 Å². The van der Waals surface area contributed by atoms with Gasteiger partial charge < -0.3 is 10.1 Å². The Morgan fingerprint density at radius 3 is 3.00 bits per heavy atom. The van der Waals surface area contributed by atoms with Gasteiger partial charge in [0.25, 0.3) is 5.91 Å². The predicted molar refractivity (Wildman–Crippen MR) is 67.8 cm³/mol. The number of rotatable bonds is 6. The van der Waals surface area contributed by atoms with Gasteiger partial charge in [0.1, 0.15) is 5.75 Å². The Hall–Kier alpha value is -2.15. The molecule has 2 aromatic rings. The van der Waals surface area contributed by atoms with E-state index in [0.717, 1.165) is 0 Å². The molecule has 0 aliphatic rings. The molecule has 1 amide bonds. The number of amides is 1. The van der Waals surface area contributed by atoms with Crippen LogP contribution in [0.5, 0.6) is 5.75 Å². The molecule has 0 radical (unpaired) electrons. The Labute approximate surface area is 114 Å². The molecule has 0 aliphatic carbocycles. The number of benzene rings is 1. The standard InChI is InChI=1S/C11H12ClN5O2/c12-8-3-1-2-4-9(8)19-7-11(18)13-6-5-10-14-16-17-15-10/h1-4H,5-7H2,(H,13,18)(H,14,15,16,17). The van der Waals surface area contributed by atoms with Crippen molar-refractivity contribution in [1.29, 1.82) is 0 Å². The summed E-state index contributed by atoms with van der Waals surface area (Å²) in [6.07, 6.45) is 0.508. The zero-order valence-electron chi connectivity index (χ0n) is 9.97. The Kier molecular flexibility index (Phi) is 4.68. The number of carbonyl (C=O) groups is 1. The molecule has 19 heavy (non-hydrogen) atoms. The lowest BCUT2D eigenvalue weighted by Gasteiger charge is -2.07. The smallest absolute Gasteiger partial charge is 0.257 e. The number of hydrogen-bond donors (Lipinski definition) is 2. The third kappa shape index (κ3) is 4.22. The van der Waals surface area contributed by atoms with Crippen LogP contribution in [-0.2, 0) is 11.2 Å². The molecule has 100 valence electrons. The fraction of sp³-hybridized carbons (Fsp3) is 0.273. The molecule has 2 N–H and O–H groups in total. The van der Waals surface area contributed by atoms with Crippen LogP contribution in [-0.4, -0.2) is 39.7 Å². The van der Waals surface area contributed by atoms with Crippen molar-refractivity contribution in [2.24, 2.45) is 0 Å². The second kappa shape index (κ2) is 6.69. The number of nitrogens with one attached hydrogen (secondary N) is 2. The SMILES string of the molecule is O=C(COc1ccccc1Cl)NCCc1nn[nH]n1. The van der Waals surface area contributed by atoms with E-state index in [0.29, 0.717) is 29.6 Å². The fourth-order valence-corrected chi connectivity index (χ4v) is 1.55. The highest BCUT2D eigenvalue weighted by molar-refractivity contribution is 6.32. The highest BCUT2D eigenvalue weighted by atomic mass is 35.5. The Bertz CT molecular complexity index is 532. The molecule has 0 fully saturated rings. The third-order valence-electron chi connectivity index (χ3n) is 2.26. The maximum absolute atomic E-state index is 11.5. The number of nitrogens with zero attached hydrogens (tertiary/aromatic N) is 3. The number of halogens is 1. The van der Waals surface area contributed by atoms with Gasteiger partial charge in [-0.25, -0.2) is 0 Å². The minimum Gasteiger partial charge on any atom is -0.482 e. The number of para-hydroxylation sites is 1. The summed E-state index contributed by atoms with van der Waals surface area (Å²) in [4.78, 5) is 11.5. The van der Waals surface area contributed by atoms with Crippen LogP contribution in [0.15, 0.2) is 24.3 Å². The molecule has 0 aliphatic heterocycles. The number of ether oxygens (including phenoxy) is 1. The molecule has 0 bridgehead atoms. The summed E-state index contributed by atoms with van der Waals surface area (Å²) in [6, 6.07) is 6.98. The highest BCUT2D eigenvalue weighted by Gasteiger charge is 2.05. The molecule has 0 unspecified atom stereocenters. The van der Waals surface area contributed by atoms with Crippen molar-refractivity contribution in [3.63, 3.8) is 0 Å². The molecule has 0 saturated heterocycles. The van der Waals surface area contributed by atoms with Gasteiger partial charge in [0.05, 0.1) is 5.02 Å². The number of carbonyl (C=O) groups excluding carboxylic acids is 1. The molecular formula is C11H12ClN5O2.